The van der Waals surface area contributed by atoms with Gasteiger partial charge in [-0.25, -0.2) is 18.1 Å². The minimum atomic E-state index is -1.02. The van der Waals surface area contributed by atoms with E-state index in [1.165, 1.54) is 25.1 Å². The number of alkyl halides is 1. The fourth-order valence-corrected chi connectivity index (χ4v) is 4.33. The van der Waals surface area contributed by atoms with E-state index in [1.54, 1.807) is 18.1 Å². The Balaban J connectivity index is 1.72. The topological polar surface area (TPSA) is 59.0 Å². The van der Waals surface area contributed by atoms with E-state index in [9.17, 15) is 8.78 Å². The van der Waals surface area contributed by atoms with Gasteiger partial charge in [-0.05, 0) is 36.6 Å². The van der Waals surface area contributed by atoms with Crippen molar-refractivity contribution < 1.29 is 13.5 Å². The van der Waals surface area contributed by atoms with Crippen molar-refractivity contribution in [2.24, 2.45) is 7.05 Å². The Morgan fingerprint density at radius 1 is 1.35 bits per heavy atom. The van der Waals surface area contributed by atoms with Crippen molar-refractivity contribution in [1.29, 1.82) is 0 Å². The first-order chi connectivity index (χ1) is 12.5. The average Bonchev–Trinajstić information content (AvgIpc) is 3.27. The van der Waals surface area contributed by atoms with E-state index >= 15 is 0 Å². The van der Waals surface area contributed by atoms with Crippen molar-refractivity contribution in [2.45, 2.75) is 24.2 Å². The predicted octanol–water partition coefficient (Wildman–Crippen LogP) is 3.09. The van der Waals surface area contributed by atoms with Gasteiger partial charge < -0.3 is 9.72 Å². The molecule has 0 radical (unpaired) electrons. The summed E-state index contributed by atoms with van der Waals surface area (Å²) in [6, 6.07) is 3.35. The number of benzene rings is 1. The second kappa shape index (κ2) is 6.64. The molecular weight excluding hydrogens is 360 g/mol. The lowest BCUT2D eigenvalue weighted by atomic mass is 10.0. The molecule has 3 heterocycles. The molecule has 1 fully saturated rings. The van der Waals surface area contributed by atoms with Crippen molar-refractivity contribution in [2.75, 3.05) is 20.2 Å². The van der Waals surface area contributed by atoms with E-state index in [4.69, 9.17) is 4.74 Å². The number of aryl methyl sites for hydroxylation is 2. The van der Waals surface area contributed by atoms with Crippen molar-refractivity contribution in [3.05, 3.63) is 29.8 Å². The second-order valence-electron chi connectivity index (χ2n) is 6.44. The molecule has 9 heteroatoms. The highest BCUT2D eigenvalue weighted by Gasteiger charge is 2.33. The van der Waals surface area contributed by atoms with Gasteiger partial charge in [0.1, 0.15) is 24.4 Å². The number of hydrogen-bond acceptors (Lipinski definition) is 5. The van der Waals surface area contributed by atoms with Gasteiger partial charge >= 0.3 is 0 Å². The molecule has 138 valence electrons. The summed E-state index contributed by atoms with van der Waals surface area (Å²) >= 11 is 1.37. The average molecular weight is 379 g/mol. The minimum absolute atomic E-state index is 0.273. The largest absolute Gasteiger partial charge is 0.377 e. The van der Waals surface area contributed by atoms with Gasteiger partial charge in [-0.2, -0.15) is 5.10 Å². The highest BCUT2D eigenvalue weighted by Crippen LogP contribution is 2.36. The summed E-state index contributed by atoms with van der Waals surface area (Å²) in [5.74, 6) is 0.221. The third-order valence-corrected chi connectivity index (χ3v) is 5.53. The van der Waals surface area contributed by atoms with Crippen molar-refractivity contribution in [1.82, 2.24) is 24.1 Å². The quantitative estimate of drug-likeness (QED) is 0.706. The molecule has 0 unspecified atom stereocenters. The molecule has 1 aliphatic rings. The summed E-state index contributed by atoms with van der Waals surface area (Å²) in [7, 11) is 3.30. The van der Waals surface area contributed by atoms with Crippen LogP contribution < -0.4 is 0 Å². The van der Waals surface area contributed by atoms with Crippen LogP contribution in [0.2, 0.25) is 0 Å². The summed E-state index contributed by atoms with van der Waals surface area (Å²) in [6.45, 7) is 2.59. The number of rotatable bonds is 4. The first kappa shape index (κ1) is 17.4. The number of aromatic nitrogens is 4. The fraction of sp³-hybridized carbons (Fsp3) is 0.412. The minimum Gasteiger partial charge on any atom is -0.377 e. The number of methoxy groups -OCH3 is 1. The standard InChI is InChI=1S/C17H19F2N5OS/c1-9-4-11(18)16-10(15(9)17-20-8-23(2)22-17)5-14(21-16)26-24-6-12(19)13(7-24)25-3/h4-5,8,12-13,21H,6-7H2,1-3H3/t12-,13+/m1/s1. The van der Waals surface area contributed by atoms with E-state index in [0.717, 1.165) is 21.5 Å². The molecule has 2 aromatic heterocycles. The number of aromatic amines is 1. The van der Waals surface area contributed by atoms with E-state index in [1.807, 2.05) is 17.3 Å². The van der Waals surface area contributed by atoms with Crippen LogP contribution in [-0.2, 0) is 11.8 Å². The van der Waals surface area contributed by atoms with Gasteiger partial charge in [0.05, 0.1) is 10.5 Å². The maximum atomic E-state index is 14.5. The first-order valence-electron chi connectivity index (χ1n) is 8.24. The maximum absolute atomic E-state index is 14.5. The van der Waals surface area contributed by atoms with Crippen molar-refractivity contribution in [3.63, 3.8) is 0 Å². The molecule has 1 saturated heterocycles. The van der Waals surface area contributed by atoms with Gasteiger partial charge in [-0.15, -0.1) is 0 Å². The zero-order valence-electron chi connectivity index (χ0n) is 14.7. The molecule has 0 spiro atoms. The number of fused-ring (bicyclic) bond motifs is 1. The molecule has 26 heavy (non-hydrogen) atoms. The van der Waals surface area contributed by atoms with Gasteiger partial charge in [0, 0.05) is 38.2 Å². The lowest BCUT2D eigenvalue weighted by Crippen LogP contribution is -2.21. The molecule has 0 amide bonds. The summed E-state index contributed by atoms with van der Waals surface area (Å²) in [5, 5.41) is 5.81. The Hall–Kier alpha value is -1.97. The van der Waals surface area contributed by atoms with Crippen LogP contribution in [0.15, 0.2) is 23.5 Å². The Bertz CT molecular complexity index is 956. The zero-order valence-corrected chi connectivity index (χ0v) is 15.5. The molecule has 1 aliphatic heterocycles. The number of ether oxygens (including phenoxy) is 1. The van der Waals surface area contributed by atoms with E-state index in [0.29, 0.717) is 17.9 Å². The highest BCUT2D eigenvalue weighted by atomic mass is 32.2. The Labute approximate surface area is 153 Å². The SMILES string of the molecule is CO[C@H]1CN(Sc2cc3c(-c4ncn(C)n4)c(C)cc(F)c3[nH]2)C[C@H]1F. The molecular formula is C17H19F2N5OS. The van der Waals surface area contributed by atoms with Gasteiger partial charge in [0.15, 0.2) is 5.82 Å². The maximum Gasteiger partial charge on any atom is 0.182 e. The lowest BCUT2D eigenvalue weighted by molar-refractivity contribution is 0.0638. The number of nitrogens with one attached hydrogen (secondary N) is 1. The number of nitrogens with zero attached hydrogens (tertiary/aromatic N) is 4. The normalized spacial score (nSPS) is 21.1. The molecule has 0 saturated carbocycles. The monoisotopic (exact) mass is 379 g/mol. The lowest BCUT2D eigenvalue weighted by Gasteiger charge is -2.11. The van der Waals surface area contributed by atoms with Crippen molar-refractivity contribution >= 4 is 22.9 Å². The van der Waals surface area contributed by atoms with Crippen LogP contribution in [-0.4, -0.2) is 56.5 Å². The van der Waals surface area contributed by atoms with Gasteiger partial charge in [-0.1, -0.05) is 0 Å². The van der Waals surface area contributed by atoms with Crippen LogP contribution >= 0.6 is 11.9 Å². The Morgan fingerprint density at radius 3 is 2.81 bits per heavy atom. The van der Waals surface area contributed by atoms with Crippen LogP contribution in [0.3, 0.4) is 0 Å². The summed E-state index contributed by atoms with van der Waals surface area (Å²) in [5.41, 5.74) is 1.96. The first-order valence-corrected chi connectivity index (χ1v) is 9.01. The Morgan fingerprint density at radius 2 is 2.15 bits per heavy atom. The molecule has 2 atom stereocenters. The second-order valence-corrected chi connectivity index (χ2v) is 7.58. The predicted molar refractivity (Wildman–Crippen MR) is 96.1 cm³/mol. The van der Waals surface area contributed by atoms with Crippen molar-refractivity contribution in [3.8, 4) is 11.4 Å². The fourth-order valence-electron chi connectivity index (χ4n) is 3.30. The molecule has 0 bridgehead atoms. The van der Waals surface area contributed by atoms with E-state index in [-0.39, 0.29) is 12.4 Å². The summed E-state index contributed by atoms with van der Waals surface area (Å²) in [6.07, 6.45) is 0.159. The van der Waals surface area contributed by atoms with Crippen LogP contribution in [0.4, 0.5) is 8.78 Å². The van der Waals surface area contributed by atoms with Crippen LogP contribution in [0.5, 0.6) is 0 Å². The molecule has 1 N–H and O–H groups in total. The smallest absolute Gasteiger partial charge is 0.182 e. The molecule has 4 rings (SSSR count). The zero-order chi connectivity index (χ0) is 18.4. The van der Waals surface area contributed by atoms with Gasteiger partial charge in [-0.3, -0.25) is 4.68 Å². The third-order valence-electron chi connectivity index (χ3n) is 4.56. The highest BCUT2D eigenvalue weighted by molar-refractivity contribution is 7.97. The number of hydrogen-bond donors (Lipinski definition) is 1. The third kappa shape index (κ3) is 3.00. The molecule has 6 nitrogen and oxygen atoms in total. The number of halogens is 2. The summed E-state index contributed by atoms with van der Waals surface area (Å²) < 4.78 is 37.0. The molecule has 1 aromatic carbocycles. The van der Waals surface area contributed by atoms with Crippen LogP contribution in [0.25, 0.3) is 22.3 Å². The van der Waals surface area contributed by atoms with Gasteiger partial charge in [0.2, 0.25) is 0 Å². The van der Waals surface area contributed by atoms with Crippen LogP contribution in [0.1, 0.15) is 5.56 Å². The van der Waals surface area contributed by atoms with E-state index < -0.39 is 12.3 Å². The van der Waals surface area contributed by atoms with Gasteiger partial charge in [0.25, 0.3) is 0 Å². The van der Waals surface area contributed by atoms with Crippen LogP contribution in [0, 0.1) is 12.7 Å². The van der Waals surface area contributed by atoms with E-state index in [2.05, 4.69) is 15.1 Å². The number of H-pyrrole nitrogens is 1. The Kier molecular flexibility index (Phi) is 4.45. The molecule has 0 aliphatic carbocycles. The molecule has 3 aromatic rings. The summed E-state index contributed by atoms with van der Waals surface area (Å²) in [4.78, 5) is 7.41.